The van der Waals surface area contributed by atoms with Crippen molar-refractivity contribution in [3.8, 4) is 0 Å². The number of hydrogen-bond donors (Lipinski definition) is 0. The Kier molecular flexibility index (Phi) is 11.6. The molecule has 0 spiro atoms. The quantitative estimate of drug-likeness (QED) is 0.327. The molecule has 22 heavy (non-hydrogen) atoms. The van der Waals surface area contributed by atoms with Crippen molar-refractivity contribution in [3.05, 3.63) is 0 Å². The first-order chi connectivity index (χ1) is 10.4. The van der Waals surface area contributed by atoms with Gasteiger partial charge in [-0.3, -0.25) is 4.89 Å². The van der Waals surface area contributed by atoms with Crippen molar-refractivity contribution in [2.45, 2.75) is 98.5 Å². The van der Waals surface area contributed by atoms with Gasteiger partial charge in [-0.25, -0.2) is 4.79 Å². The molecular weight excluding hydrogens is 280 g/mol. The first kappa shape index (κ1) is 21.4. The van der Waals surface area contributed by atoms with Gasteiger partial charge in [0.25, 0.3) is 0 Å². The zero-order valence-corrected chi connectivity index (χ0v) is 15.4. The largest absolute Gasteiger partial charge is 0.348 e. The average Bonchev–Trinajstić information content (AvgIpc) is 2.47. The number of unbranched alkanes of at least 4 members (excludes halogenated alkanes) is 1. The van der Waals surface area contributed by atoms with Crippen LogP contribution in [0.15, 0.2) is 0 Å². The van der Waals surface area contributed by atoms with Crippen LogP contribution in [0.5, 0.6) is 0 Å². The smallest absolute Gasteiger partial charge is 0.269 e. The van der Waals surface area contributed by atoms with Gasteiger partial charge in [0.05, 0.1) is 5.92 Å². The zero-order valence-electron chi connectivity index (χ0n) is 15.4. The van der Waals surface area contributed by atoms with Gasteiger partial charge in [0, 0.05) is 0 Å². The summed E-state index contributed by atoms with van der Waals surface area (Å²) in [6.45, 7) is 12.6. The summed E-state index contributed by atoms with van der Waals surface area (Å²) in [6, 6.07) is 0. The summed E-state index contributed by atoms with van der Waals surface area (Å²) in [5.41, 5.74) is -0.402. The van der Waals surface area contributed by atoms with Crippen molar-refractivity contribution in [1.29, 1.82) is 0 Å². The SMILES string of the molecule is CCCCC(CC)C(=O)OOOC(C)(CC)CCCC(C)C. The van der Waals surface area contributed by atoms with Gasteiger partial charge in [-0.1, -0.05) is 60.3 Å². The van der Waals surface area contributed by atoms with E-state index in [4.69, 9.17) is 14.8 Å². The summed E-state index contributed by atoms with van der Waals surface area (Å²) in [5, 5.41) is 4.82. The third-order valence-corrected chi connectivity index (χ3v) is 4.32. The number of hydrogen-bond acceptors (Lipinski definition) is 4. The Morgan fingerprint density at radius 1 is 1.09 bits per heavy atom. The van der Waals surface area contributed by atoms with Crippen LogP contribution in [0.1, 0.15) is 92.9 Å². The second kappa shape index (κ2) is 11.9. The van der Waals surface area contributed by atoms with Gasteiger partial charge in [0.2, 0.25) is 0 Å². The molecule has 0 rings (SSSR count). The molecule has 0 aromatic heterocycles. The van der Waals surface area contributed by atoms with E-state index in [0.29, 0.717) is 5.92 Å². The zero-order chi connectivity index (χ0) is 17.0. The molecule has 4 nitrogen and oxygen atoms in total. The fourth-order valence-electron chi connectivity index (χ4n) is 2.30. The molecule has 0 aromatic carbocycles. The summed E-state index contributed by atoms with van der Waals surface area (Å²) in [6.07, 6.45) is 7.65. The minimum atomic E-state index is -0.402. The molecule has 4 heteroatoms. The molecule has 0 aliphatic rings. The van der Waals surface area contributed by atoms with Crippen molar-refractivity contribution in [2.75, 3.05) is 0 Å². The molecule has 0 heterocycles. The Hall–Kier alpha value is -0.610. The van der Waals surface area contributed by atoms with Gasteiger partial charge in [0.1, 0.15) is 5.60 Å². The lowest BCUT2D eigenvalue weighted by molar-refractivity contribution is -0.520. The van der Waals surface area contributed by atoms with E-state index in [-0.39, 0.29) is 11.9 Å². The summed E-state index contributed by atoms with van der Waals surface area (Å²) in [4.78, 5) is 22.2. The van der Waals surface area contributed by atoms with Crippen molar-refractivity contribution in [3.63, 3.8) is 0 Å². The van der Waals surface area contributed by atoms with E-state index in [0.717, 1.165) is 51.4 Å². The van der Waals surface area contributed by atoms with E-state index >= 15 is 0 Å². The van der Waals surface area contributed by atoms with E-state index in [1.807, 2.05) is 13.8 Å². The molecule has 132 valence electrons. The second-order valence-corrected chi connectivity index (χ2v) is 6.89. The normalized spacial score (nSPS) is 15.6. The van der Waals surface area contributed by atoms with Crippen LogP contribution in [0.2, 0.25) is 0 Å². The maximum absolute atomic E-state index is 11.9. The average molecular weight is 316 g/mol. The Labute approximate surface area is 136 Å². The van der Waals surface area contributed by atoms with Gasteiger partial charge in [0.15, 0.2) is 0 Å². The minimum Gasteiger partial charge on any atom is -0.269 e. The van der Waals surface area contributed by atoms with Crippen LogP contribution in [-0.4, -0.2) is 11.6 Å². The topological polar surface area (TPSA) is 44.8 Å². The molecule has 0 N–H and O–H groups in total. The number of carbonyl (C=O) groups excluding carboxylic acids is 1. The molecule has 2 atom stereocenters. The molecule has 2 unspecified atom stereocenters. The highest BCUT2D eigenvalue weighted by Gasteiger charge is 2.26. The van der Waals surface area contributed by atoms with Gasteiger partial charge in [-0.2, -0.15) is 4.89 Å². The molecular formula is C18H36O4. The highest BCUT2D eigenvalue weighted by atomic mass is 17.5. The highest BCUT2D eigenvalue weighted by Crippen LogP contribution is 2.25. The number of carbonyl (C=O) groups is 1. The standard InChI is InChI=1S/C18H36O4/c1-7-10-13-16(8-2)17(19)20-22-21-18(6,9-3)14-11-12-15(4)5/h15-16H,7-14H2,1-6H3. The van der Waals surface area contributed by atoms with Gasteiger partial charge < -0.3 is 0 Å². The molecule has 0 aliphatic carbocycles. The summed E-state index contributed by atoms with van der Waals surface area (Å²) in [5.74, 6) is 0.262. The third kappa shape index (κ3) is 9.42. The van der Waals surface area contributed by atoms with Crippen LogP contribution in [0, 0.1) is 11.8 Å². The first-order valence-corrected chi connectivity index (χ1v) is 8.94. The Morgan fingerprint density at radius 3 is 2.27 bits per heavy atom. The molecule has 0 saturated heterocycles. The van der Waals surface area contributed by atoms with E-state index in [2.05, 4.69) is 27.7 Å². The fraction of sp³-hybridized carbons (Fsp3) is 0.944. The van der Waals surface area contributed by atoms with E-state index in [9.17, 15) is 4.79 Å². The van der Waals surface area contributed by atoms with E-state index < -0.39 is 5.60 Å². The first-order valence-electron chi connectivity index (χ1n) is 8.94. The van der Waals surface area contributed by atoms with Crippen molar-refractivity contribution >= 4 is 5.97 Å². The lowest BCUT2D eigenvalue weighted by atomic mass is 9.94. The van der Waals surface area contributed by atoms with Crippen molar-refractivity contribution in [1.82, 2.24) is 0 Å². The van der Waals surface area contributed by atoms with Gasteiger partial charge in [-0.05, 0) is 43.6 Å². The molecule has 0 amide bonds. The van der Waals surface area contributed by atoms with Crippen LogP contribution >= 0.6 is 0 Å². The second-order valence-electron chi connectivity index (χ2n) is 6.89. The third-order valence-electron chi connectivity index (χ3n) is 4.32. The van der Waals surface area contributed by atoms with Gasteiger partial charge >= 0.3 is 5.97 Å². The maximum atomic E-state index is 11.9. The Bertz CT molecular complexity index is 291. The molecule has 0 aromatic rings. The lowest BCUT2D eigenvalue weighted by Gasteiger charge is -2.26. The van der Waals surface area contributed by atoms with Crippen LogP contribution in [0.25, 0.3) is 0 Å². The highest BCUT2D eigenvalue weighted by molar-refractivity contribution is 5.71. The van der Waals surface area contributed by atoms with Crippen molar-refractivity contribution in [2.24, 2.45) is 11.8 Å². The predicted octanol–water partition coefficient (Wildman–Crippen LogP) is 5.60. The summed E-state index contributed by atoms with van der Waals surface area (Å²) in [7, 11) is 0. The molecule has 0 bridgehead atoms. The lowest BCUT2D eigenvalue weighted by Crippen LogP contribution is -2.29. The Balaban J connectivity index is 4.13. The van der Waals surface area contributed by atoms with Gasteiger partial charge in [-0.15, -0.1) is 0 Å². The van der Waals surface area contributed by atoms with E-state index in [1.54, 1.807) is 0 Å². The minimum absolute atomic E-state index is 0.0997. The van der Waals surface area contributed by atoms with Crippen molar-refractivity contribution < 1.29 is 19.6 Å². The molecule has 0 saturated carbocycles. The monoisotopic (exact) mass is 316 g/mol. The van der Waals surface area contributed by atoms with Crippen LogP contribution in [-0.2, 0) is 19.6 Å². The molecule has 0 radical (unpaired) electrons. The number of rotatable bonds is 13. The van der Waals surface area contributed by atoms with E-state index in [1.165, 1.54) is 0 Å². The Morgan fingerprint density at radius 2 is 1.77 bits per heavy atom. The fourth-order valence-corrected chi connectivity index (χ4v) is 2.30. The van der Waals surface area contributed by atoms with Crippen LogP contribution in [0.4, 0.5) is 0 Å². The van der Waals surface area contributed by atoms with Crippen LogP contribution < -0.4 is 0 Å². The maximum Gasteiger partial charge on any atom is 0.348 e. The summed E-state index contributed by atoms with van der Waals surface area (Å²) >= 11 is 0. The molecule has 0 aliphatic heterocycles. The summed E-state index contributed by atoms with van der Waals surface area (Å²) < 4.78 is 0. The van der Waals surface area contributed by atoms with Crippen LogP contribution in [0.3, 0.4) is 0 Å². The molecule has 0 fully saturated rings. The predicted molar refractivity (Wildman–Crippen MR) is 89.0 cm³/mol.